The molecule has 2 aliphatic heterocycles. The number of carbonyl (C=O) groups is 1. The second-order valence-corrected chi connectivity index (χ2v) is 4.32. The van der Waals surface area contributed by atoms with E-state index in [0.717, 1.165) is 19.4 Å². The highest BCUT2D eigenvalue weighted by atomic mass is 16.6. The van der Waals surface area contributed by atoms with Crippen LogP contribution in [0.15, 0.2) is 0 Å². The molecular formula is C11H20N2O3. The van der Waals surface area contributed by atoms with Gasteiger partial charge in [0, 0.05) is 6.54 Å². The lowest BCUT2D eigenvalue weighted by Gasteiger charge is -2.26. The minimum atomic E-state index is -0.0155. The van der Waals surface area contributed by atoms with Crippen molar-refractivity contribution in [2.75, 3.05) is 32.9 Å². The van der Waals surface area contributed by atoms with Gasteiger partial charge in [0.15, 0.2) is 0 Å². The average molecular weight is 228 g/mol. The molecule has 1 unspecified atom stereocenters. The molecule has 2 aliphatic rings. The fourth-order valence-corrected chi connectivity index (χ4v) is 2.07. The number of amides is 1. The highest BCUT2D eigenvalue weighted by Crippen LogP contribution is 2.07. The third-order valence-corrected chi connectivity index (χ3v) is 3.02. The van der Waals surface area contributed by atoms with Crippen LogP contribution in [0.2, 0.25) is 0 Å². The number of ether oxygens (including phenoxy) is 2. The van der Waals surface area contributed by atoms with E-state index in [1.165, 1.54) is 6.42 Å². The average Bonchev–Trinajstić information content (AvgIpc) is 2.38. The van der Waals surface area contributed by atoms with Crippen LogP contribution in [-0.4, -0.2) is 51.0 Å². The highest BCUT2D eigenvalue weighted by molar-refractivity contribution is 5.81. The Labute approximate surface area is 95.9 Å². The molecule has 16 heavy (non-hydrogen) atoms. The van der Waals surface area contributed by atoms with E-state index in [2.05, 4.69) is 10.6 Å². The maximum atomic E-state index is 11.8. The summed E-state index contributed by atoms with van der Waals surface area (Å²) in [4.78, 5) is 11.8. The van der Waals surface area contributed by atoms with Crippen molar-refractivity contribution in [2.45, 2.75) is 31.4 Å². The summed E-state index contributed by atoms with van der Waals surface area (Å²) in [6, 6.07) is -0.0155. The molecule has 0 aliphatic carbocycles. The number of carbonyl (C=O) groups excluding carboxylic acids is 1. The molecule has 0 bridgehead atoms. The number of rotatable bonds is 3. The standard InChI is InChI=1S/C11H20N2O3/c14-11(10-3-1-2-4-12-10)13-7-9-8-15-5-6-16-9/h9-10,12H,1-8H2,(H,13,14)/t9?,10-/m1/s1. The van der Waals surface area contributed by atoms with Crippen LogP contribution in [0.25, 0.3) is 0 Å². The lowest BCUT2D eigenvalue weighted by Crippen LogP contribution is -2.49. The minimum Gasteiger partial charge on any atom is -0.376 e. The fourth-order valence-electron chi connectivity index (χ4n) is 2.07. The maximum absolute atomic E-state index is 11.8. The number of piperidine rings is 1. The number of nitrogens with one attached hydrogen (secondary N) is 2. The Bertz CT molecular complexity index is 223. The van der Waals surface area contributed by atoms with Gasteiger partial charge in [0.05, 0.1) is 32.0 Å². The molecule has 5 nitrogen and oxygen atoms in total. The van der Waals surface area contributed by atoms with Gasteiger partial charge in [-0.1, -0.05) is 6.42 Å². The van der Waals surface area contributed by atoms with E-state index in [9.17, 15) is 4.79 Å². The largest absolute Gasteiger partial charge is 0.376 e. The van der Waals surface area contributed by atoms with E-state index in [4.69, 9.17) is 9.47 Å². The molecule has 0 radical (unpaired) electrons. The van der Waals surface area contributed by atoms with Crippen LogP contribution in [0.5, 0.6) is 0 Å². The van der Waals surface area contributed by atoms with Crippen LogP contribution < -0.4 is 10.6 Å². The molecule has 2 heterocycles. The van der Waals surface area contributed by atoms with Crippen LogP contribution in [0, 0.1) is 0 Å². The normalized spacial score (nSPS) is 31.0. The third kappa shape index (κ3) is 3.43. The van der Waals surface area contributed by atoms with E-state index >= 15 is 0 Å². The molecular weight excluding hydrogens is 208 g/mol. The van der Waals surface area contributed by atoms with E-state index in [-0.39, 0.29) is 18.1 Å². The summed E-state index contributed by atoms with van der Waals surface area (Å²) in [5.41, 5.74) is 0. The maximum Gasteiger partial charge on any atom is 0.237 e. The quantitative estimate of drug-likeness (QED) is 0.694. The van der Waals surface area contributed by atoms with Gasteiger partial charge in [-0.3, -0.25) is 4.79 Å². The molecule has 1 amide bonds. The van der Waals surface area contributed by atoms with Crippen molar-refractivity contribution in [3.63, 3.8) is 0 Å². The first-order valence-electron chi connectivity index (χ1n) is 6.07. The zero-order valence-electron chi connectivity index (χ0n) is 9.54. The number of hydrogen-bond donors (Lipinski definition) is 2. The lowest BCUT2D eigenvalue weighted by atomic mass is 10.0. The Morgan fingerprint density at radius 3 is 3.00 bits per heavy atom. The molecule has 92 valence electrons. The van der Waals surface area contributed by atoms with Gasteiger partial charge < -0.3 is 20.1 Å². The van der Waals surface area contributed by atoms with Crippen molar-refractivity contribution in [2.24, 2.45) is 0 Å². The first-order chi connectivity index (χ1) is 7.86. The summed E-state index contributed by atoms with van der Waals surface area (Å²) in [6.45, 7) is 3.37. The summed E-state index contributed by atoms with van der Waals surface area (Å²) in [5, 5.41) is 6.14. The van der Waals surface area contributed by atoms with E-state index in [0.29, 0.717) is 26.4 Å². The smallest absolute Gasteiger partial charge is 0.237 e. The number of hydrogen-bond acceptors (Lipinski definition) is 4. The monoisotopic (exact) mass is 228 g/mol. The van der Waals surface area contributed by atoms with Crippen molar-refractivity contribution in [1.82, 2.24) is 10.6 Å². The van der Waals surface area contributed by atoms with Crippen LogP contribution in [-0.2, 0) is 14.3 Å². The Morgan fingerprint density at radius 1 is 1.38 bits per heavy atom. The molecule has 2 fully saturated rings. The third-order valence-electron chi connectivity index (χ3n) is 3.02. The molecule has 2 atom stereocenters. The van der Waals surface area contributed by atoms with Crippen LogP contribution in [0.3, 0.4) is 0 Å². The molecule has 2 N–H and O–H groups in total. The molecule has 0 aromatic rings. The highest BCUT2D eigenvalue weighted by Gasteiger charge is 2.22. The zero-order valence-corrected chi connectivity index (χ0v) is 9.54. The predicted molar refractivity (Wildman–Crippen MR) is 59.2 cm³/mol. The second-order valence-electron chi connectivity index (χ2n) is 4.32. The first kappa shape index (κ1) is 11.8. The van der Waals surface area contributed by atoms with Gasteiger partial charge in [0.1, 0.15) is 0 Å². The Morgan fingerprint density at radius 2 is 2.31 bits per heavy atom. The summed E-state index contributed by atoms with van der Waals surface area (Å²) in [6.07, 6.45) is 3.26. The van der Waals surface area contributed by atoms with Crippen molar-refractivity contribution in [3.8, 4) is 0 Å². The van der Waals surface area contributed by atoms with Gasteiger partial charge in [0.2, 0.25) is 5.91 Å². The fraction of sp³-hybridized carbons (Fsp3) is 0.909. The Hall–Kier alpha value is -0.650. The van der Waals surface area contributed by atoms with Gasteiger partial charge in [-0.15, -0.1) is 0 Å². The Kier molecular flexibility index (Phi) is 4.56. The summed E-state index contributed by atoms with van der Waals surface area (Å²) in [7, 11) is 0. The van der Waals surface area contributed by atoms with Gasteiger partial charge in [0.25, 0.3) is 0 Å². The first-order valence-corrected chi connectivity index (χ1v) is 6.07. The van der Waals surface area contributed by atoms with Gasteiger partial charge >= 0.3 is 0 Å². The van der Waals surface area contributed by atoms with Crippen LogP contribution in [0.1, 0.15) is 19.3 Å². The molecule has 0 saturated carbocycles. The molecule has 2 rings (SSSR count). The van der Waals surface area contributed by atoms with Gasteiger partial charge in [-0.25, -0.2) is 0 Å². The molecule has 0 aromatic carbocycles. The van der Waals surface area contributed by atoms with E-state index < -0.39 is 0 Å². The SMILES string of the molecule is O=C(NCC1COCCO1)[C@H]1CCCCN1. The van der Waals surface area contributed by atoms with Gasteiger partial charge in [-0.2, -0.15) is 0 Å². The summed E-state index contributed by atoms with van der Waals surface area (Å²) in [5.74, 6) is 0.0915. The van der Waals surface area contributed by atoms with Crippen molar-refractivity contribution < 1.29 is 14.3 Å². The molecule has 0 aromatic heterocycles. The van der Waals surface area contributed by atoms with E-state index in [1.807, 2.05) is 0 Å². The summed E-state index contributed by atoms with van der Waals surface area (Å²) >= 11 is 0. The topological polar surface area (TPSA) is 59.6 Å². The Balaban J connectivity index is 1.65. The molecule has 5 heteroatoms. The second kappa shape index (κ2) is 6.18. The van der Waals surface area contributed by atoms with Crippen molar-refractivity contribution in [3.05, 3.63) is 0 Å². The van der Waals surface area contributed by atoms with Crippen molar-refractivity contribution in [1.29, 1.82) is 0 Å². The summed E-state index contributed by atoms with van der Waals surface area (Å²) < 4.78 is 10.7. The zero-order chi connectivity index (χ0) is 11.2. The molecule has 0 spiro atoms. The van der Waals surface area contributed by atoms with Crippen LogP contribution in [0.4, 0.5) is 0 Å². The van der Waals surface area contributed by atoms with Crippen molar-refractivity contribution >= 4 is 5.91 Å². The predicted octanol–water partition coefficient (Wildman–Crippen LogP) is -0.340. The van der Waals surface area contributed by atoms with Gasteiger partial charge in [-0.05, 0) is 19.4 Å². The van der Waals surface area contributed by atoms with E-state index in [1.54, 1.807) is 0 Å². The molecule has 2 saturated heterocycles. The van der Waals surface area contributed by atoms with Crippen LogP contribution >= 0.6 is 0 Å². The lowest BCUT2D eigenvalue weighted by molar-refractivity contribution is -0.126. The minimum absolute atomic E-state index is 0.0151.